The zero-order valence-corrected chi connectivity index (χ0v) is 11.3. The summed E-state index contributed by atoms with van der Waals surface area (Å²) in [5.74, 6) is 1.18. The molecule has 100 valence electrons. The fourth-order valence-electron chi connectivity index (χ4n) is 1.45. The second-order valence-corrected chi connectivity index (χ2v) is 4.38. The fourth-order valence-corrected chi connectivity index (χ4v) is 1.97. The van der Waals surface area contributed by atoms with Gasteiger partial charge in [0.2, 0.25) is 0 Å². The van der Waals surface area contributed by atoms with Gasteiger partial charge in [-0.2, -0.15) is 0 Å². The lowest BCUT2D eigenvalue weighted by molar-refractivity contribution is 0.262. The Hall–Kier alpha value is -2.28. The van der Waals surface area contributed by atoms with E-state index in [2.05, 4.69) is 15.6 Å². The average molecular weight is 279 g/mol. The van der Waals surface area contributed by atoms with Gasteiger partial charge in [-0.05, 0) is 12.1 Å². The highest BCUT2D eigenvalue weighted by Crippen LogP contribution is 2.29. The van der Waals surface area contributed by atoms with Gasteiger partial charge in [0.15, 0.2) is 5.13 Å². The van der Waals surface area contributed by atoms with Crippen LogP contribution >= 0.6 is 11.3 Å². The SMILES string of the molecule is COc1ccc(OC)c(NC(=O)Nc2nccs2)c1. The maximum Gasteiger partial charge on any atom is 0.325 e. The molecule has 0 saturated heterocycles. The van der Waals surface area contributed by atoms with Crippen molar-refractivity contribution in [1.82, 2.24) is 4.98 Å². The first-order chi connectivity index (χ1) is 9.22. The molecule has 0 radical (unpaired) electrons. The zero-order chi connectivity index (χ0) is 13.7. The Bertz CT molecular complexity index is 557. The highest BCUT2D eigenvalue weighted by atomic mass is 32.1. The number of urea groups is 1. The van der Waals surface area contributed by atoms with Gasteiger partial charge in [0.1, 0.15) is 11.5 Å². The number of methoxy groups -OCH3 is 2. The number of ether oxygens (including phenoxy) is 2. The Kier molecular flexibility index (Phi) is 4.19. The largest absolute Gasteiger partial charge is 0.497 e. The molecule has 0 aliphatic carbocycles. The van der Waals surface area contributed by atoms with Gasteiger partial charge in [0.25, 0.3) is 0 Å². The van der Waals surface area contributed by atoms with Crippen LogP contribution in [-0.4, -0.2) is 25.2 Å². The lowest BCUT2D eigenvalue weighted by Gasteiger charge is -2.11. The molecule has 0 aliphatic rings. The summed E-state index contributed by atoms with van der Waals surface area (Å²) in [6.07, 6.45) is 1.62. The fraction of sp³-hybridized carbons (Fsp3) is 0.167. The summed E-state index contributed by atoms with van der Waals surface area (Å²) >= 11 is 1.34. The first kappa shape index (κ1) is 13.2. The molecule has 6 nitrogen and oxygen atoms in total. The summed E-state index contributed by atoms with van der Waals surface area (Å²) in [5.41, 5.74) is 0.524. The first-order valence-electron chi connectivity index (χ1n) is 5.42. The van der Waals surface area contributed by atoms with E-state index in [0.29, 0.717) is 22.3 Å². The highest BCUT2D eigenvalue weighted by molar-refractivity contribution is 7.13. The average Bonchev–Trinajstić information content (AvgIpc) is 2.91. The summed E-state index contributed by atoms with van der Waals surface area (Å²) in [6.45, 7) is 0. The predicted molar refractivity (Wildman–Crippen MR) is 74.3 cm³/mol. The van der Waals surface area contributed by atoms with Crippen LogP contribution in [0.2, 0.25) is 0 Å². The van der Waals surface area contributed by atoms with Crippen LogP contribution in [0.15, 0.2) is 29.8 Å². The van der Waals surface area contributed by atoms with Crippen LogP contribution in [0, 0.1) is 0 Å². The van der Waals surface area contributed by atoms with Crippen LogP contribution < -0.4 is 20.1 Å². The molecule has 0 aliphatic heterocycles. The van der Waals surface area contributed by atoms with Crippen LogP contribution in [0.25, 0.3) is 0 Å². The number of thiazole rings is 1. The molecule has 0 atom stereocenters. The lowest BCUT2D eigenvalue weighted by Crippen LogP contribution is -2.19. The minimum absolute atomic E-state index is 0.387. The summed E-state index contributed by atoms with van der Waals surface area (Å²) < 4.78 is 10.3. The van der Waals surface area contributed by atoms with Crippen LogP contribution in [0.5, 0.6) is 11.5 Å². The van der Waals surface area contributed by atoms with Crippen molar-refractivity contribution in [3.8, 4) is 11.5 Å². The summed E-state index contributed by atoms with van der Waals surface area (Å²) in [6, 6.07) is 4.77. The molecule has 2 N–H and O–H groups in total. The third-order valence-electron chi connectivity index (χ3n) is 2.31. The molecule has 0 fully saturated rings. The number of benzene rings is 1. The number of amides is 2. The van der Waals surface area contributed by atoms with E-state index in [1.165, 1.54) is 18.4 Å². The van der Waals surface area contributed by atoms with Crippen molar-refractivity contribution in [2.75, 3.05) is 24.9 Å². The van der Waals surface area contributed by atoms with Gasteiger partial charge in [0.05, 0.1) is 19.9 Å². The molecular weight excluding hydrogens is 266 g/mol. The number of aromatic nitrogens is 1. The van der Waals surface area contributed by atoms with Crippen molar-refractivity contribution < 1.29 is 14.3 Å². The van der Waals surface area contributed by atoms with Crippen molar-refractivity contribution in [2.45, 2.75) is 0 Å². The van der Waals surface area contributed by atoms with Crippen molar-refractivity contribution in [3.63, 3.8) is 0 Å². The maximum atomic E-state index is 11.8. The summed E-state index contributed by atoms with van der Waals surface area (Å²) in [5, 5.41) is 7.61. The van der Waals surface area contributed by atoms with Crippen molar-refractivity contribution in [3.05, 3.63) is 29.8 Å². The topological polar surface area (TPSA) is 72.5 Å². The molecule has 2 aromatic rings. The summed E-state index contributed by atoms with van der Waals surface area (Å²) in [4.78, 5) is 15.8. The highest BCUT2D eigenvalue weighted by Gasteiger charge is 2.09. The number of hydrogen-bond donors (Lipinski definition) is 2. The molecule has 2 rings (SSSR count). The van der Waals surface area contributed by atoms with Crippen molar-refractivity contribution in [2.24, 2.45) is 0 Å². The Morgan fingerprint density at radius 1 is 1.26 bits per heavy atom. The molecule has 0 bridgehead atoms. The van der Waals surface area contributed by atoms with Crippen LogP contribution in [0.3, 0.4) is 0 Å². The Balaban J connectivity index is 2.10. The Morgan fingerprint density at radius 2 is 2.11 bits per heavy atom. The van der Waals surface area contributed by atoms with E-state index in [1.807, 2.05) is 0 Å². The van der Waals surface area contributed by atoms with Crippen LogP contribution in [0.4, 0.5) is 15.6 Å². The second-order valence-electron chi connectivity index (χ2n) is 3.48. The molecule has 7 heteroatoms. The molecule has 1 heterocycles. The van der Waals surface area contributed by atoms with Crippen molar-refractivity contribution in [1.29, 1.82) is 0 Å². The third kappa shape index (κ3) is 3.35. The molecule has 1 aromatic heterocycles. The number of nitrogens with one attached hydrogen (secondary N) is 2. The summed E-state index contributed by atoms with van der Waals surface area (Å²) in [7, 11) is 3.09. The normalized spacial score (nSPS) is 9.79. The van der Waals surface area contributed by atoms with E-state index in [9.17, 15) is 4.79 Å². The third-order valence-corrected chi connectivity index (χ3v) is 3.00. The Labute approximate surface area is 114 Å². The first-order valence-corrected chi connectivity index (χ1v) is 6.30. The molecule has 0 spiro atoms. The van der Waals surface area contributed by atoms with E-state index in [4.69, 9.17) is 9.47 Å². The molecule has 1 aromatic carbocycles. The molecule has 0 unspecified atom stereocenters. The Morgan fingerprint density at radius 3 is 2.74 bits per heavy atom. The quantitative estimate of drug-likeness (QED) is 0.902. The maximum absolute atomic E-state index is 11.8. The van der Waals surface area contributed by atoms with Crippen molar-refractivity contribution >= 4 is 28.2 Å². The van der Waals surface area contributed by atoms with Crippen LogP contribution in [0.1, 0.15) is 0 Å². The molecule has 2 amide bonds. The number of anilines is 2. The minimum Gasteiger partial charge on any atom is -0.497 e. The molecular formula is C12H13N3O3S. The number of hydrogen-bond acceptors (Lipinski definition) is 5. The standard InChI is InChI=1S/C12H13N3O3S/c1-17-8-3-4-10(18-2)9(7-8)14-11(16)15-12-13-5-6-19-12/h3-7H,1-2H3,(H2,13,14,15,16). The number of nitrogens with zero attached hydrogens (tertiary/aromatic N) is 1. The van der Waals surface area contributed by atoms with Gasteiger partial charge in [-0.25, -0.2) is 9.78 Å². The second kappa shape index (κ2) is 6.05. The predicted octanol–water partition coefficient (Wildman–Crippen LogP) is 2.80. The van der Waals surface area contributed by atoms with E-state index >= 15 is 0 Å². The number of carbonyl (C=O) groups is 1. The lowest BCUT2D eigenvalue weighted by atomic mass is 10.2. The number of rotatable bonds is 4. The monoisotopic (exact) mass is 279 g/mol. The van der Waals surface area contributed by atoms with Gasteiger partial charge >= 0.3 is 6.03 Å². The molecule has 19 heavy (non-hydrogen) atoms. The smallest absolute Gasteiger partial charge is 0.325 e. The van der Waals surface area contributed by atoms with Gasteiger partial charge in [-0.1, -0.05) is 0 Å². The van der Waals surface area contributed by atoms with Gasteiger partial charge in [-0.3, -0.25) is 5.32 Å². The van der Waals surface area contributed by atoms with E-state index in [0.717, 1.165) is 0 Å². The van der Waals surface area contributed by atoms with Gasteiger partial charge < -0.3 is 14.8 Å². The minimum atomic E-state index is -0.387. The van der Waals surface area contributed by atoms with E-state index in [-0.39, 0.29) is 6.03 Å². The van der Waals surface area contributed by atoms with Crippen LogP contribution in [-0.2, 0) is 0 Å². The zero-order valence-electron chi connectivity index (χ0n) is 10.5. The van der Waals surface area contributed by atoms with Gasteiger partial charge in [-0.15, -0.1) is 11.3 Å². The number of carbonyl (C=O) groups excluding carboxylic acids is 1. The van der Waals surface area contributed by atoms with E-state index in [1.54, 1.807) is 36.9 Å². The van der Waals surface area contributed by atoms with E-state index < -0.39 is 0 Å². The molecule has 0 saturated carbocycles. The van der Waals surface area contributed by atoms with Gasteiger partial charge in [0, 0.05) is 17.6 Å².